The van der Waals surface area contributed by atoms with Crippen LogP contribution in [0.3, 0.4) is 0 Å². The highest BCUT2D eigenvalue weighted by atomic mass is 32.2. The standard InChI is InChI=1S/C19H22N4O6S/c1-29-14-6-8-15(9-7-14)30(27,28)23-11-13-4-2-3-5-16(13)22(18(24)10-20)12-17(23)19(25)21-26/h2-9,17,26H,10-12,20H2,1H3,(H,21,25). The third-order valence-electron chi connectivity index (χ3n) is 4.87. The van der Waals surface area contributed by atoms with Crippen LogP contribution in [0.2, 0.25) is 0 Å². The number of carbonyl (C=O) groups excluding carboxylic acids is 2. The number of rotatable bonds is 5. The van der Waals surface area contributed by atoms with E-state index in [2.05, 4.69) is 0 Å². The molecule has 0 bridgehead atoms. The quantitative estimate of drug-likeness (QED) is 0.446. The molecule has 1 heterocycles. The van der Waals surface area contributed by atoms with E-state index in [1.54, 1.807) is 24.3 Å². The molecule has 0 radical (unpaired) electrons. The zero-order valence-corrected chi connectivity index (χ0v) is 17.0. The van der Waals surface area contributed by atoms with Crippen molar-refractivity contribution in [3.63, 3.8) is 0 Å². The number of benzene rings is 2. The lowest BCUT2D eigenvalue weighted by Crippen LogP contribution is -2.54. The van der Waals surface area contributed by atoms with Gasteiger partial charge in [0.05, 0.1) is 25.1 Å². The first-order valence-electron chi connectivity index (χ1n) is 9.01. The van der Waals surface area contributed by atoms with Crippen molar-refractivity contribution < 1.29 is 28.0 Å². The number of carbonyl (C=O) groups is 2. The van der Waals surface area contributed by atoms with Crippen LogP contribution in [0, 0.1) is 0 Å². The van der Waals surface area contributed by atoms with Gasteiger partial charge in [-0.25, -0.2) is 13.9 Å². The Bertz CT molecular complexity index is 1040. The van der Waals surface area contributed by atoms with Gasteiger partial charge in [0, 0.05) is 12.2 Å². The molecule has 11 heteroatoms. The van der Waals surface area contributed by atoms with Crippen molar-refractivity contribution >= 4 is 27.5 Å². The monoisotopic (exact) mass is 434 g/mol. The Hall–Kier alpha value is -2.99. The summed E-state index contributed by atoms with van der Waals surface area (Å²) in [7, 11) is -2.72. The predicted octanol–water partition coefficient (Wildman–Crippen LogP) is 0.0654. The fourth-order valence-corrected chi connectivity index (χ4v) is 4.88. The average molecular weight is 434 g/mol. The van der Waals surface area contributed by atoms with Gasteiger partial charge in [0.25, 0.3) is 5.91 Å². The molecule has 1 atom stereocenters. The number of ether oxygens (including phenoxy) is 1. The highest BCUT2D eigenvalue weighted by Gasteiger charge is 2.41. The van der Waals surface area contributed by atoms with Gasteiger partial charge < -0.3 is 15.4 Å². The van der Waals surface area contributed by atoms with Crippen LogP contribution in [0.4, 0.5) is 5.69 Å². The molecule has 0 spiro atoms. The summed E-state index contributed by atoms with van der Waals surface area (Å²) in [4.78, 5) is 26.1. The van der Waals surface area contributed by atoms with E-state index in [9.17, 15) is 23.2 Å². The summed E-state index contributed by atoms with van der Waals surface area (Å²) in [5.41, 5.74) is 8.00. The Morgan fingerprint density at radius 2 is 1.87 bits per heavy atom. The molecule has 1 aliphatic rings. The molecule has 2 amide bonds. The second kappa shape index (κ2) is 8.79. The van der Waals surface area contributed by atoms with Gasteiger partial charge in [-0.15, -0.1) is 0 Å². The summed E-state index contributed by atoms with van der Waals surface area (Å²) in [5.74, 6) is -0.976. The number of nitrogens with zero attached hydrogens (tertiary/aromatic N) is 2. The van der Waals surface area contributed by atoms with Crippen molar-refractivity contribution in [2.45, 2.75) is 17.5 Å². The number of para-hydroxylation sites is 1. The molecule has 0 saturated carbocycles. The molecule has 2 aromatic carbocycles. The van der Waals surface area contributed by atoms with E-state index in [-0.39, 0.29) is 24.5 Å². The first-order chi connectivity index (χ1) is 14.3. The molecule has 30 heavy (non-hydrogen) atoms. The smallest absolute Gasteiger partial charge is 0.263 e. The van der Waals surface area contributed by atoms with Crippen LogP contribution in [-0.2, 0) is 26.2 Å². The molecule has 0 saturated heterocycles. The second-order valence-electron chi connectivity index (χ2n) is 6.55. The van der Waals surface area contributed by atoms with Crippen LogP contribution >= 0.6 is 0 Å². The number of nitrogens with two attached hydrogens (primary N) is 1. The highest BCUT2D eigenvalue weighted by molar-refractivity contribution is 7.89. The van der Waals surface area contributed by atoms with Gasteiger partial charge in [0.15, 0.2) is 0 Å². The molecule has 160 valence electrons. The second-order valence-corrected chi connectivity index (χ2v) is 8.45. The lowest BCUT2D eigenvalue weighted by molar-refractivity contribution is -0.133. The third kappa shape index (κ3) is 4.00. The summed E-state index contributed by atoms with van der Waals surface area (Å²) < 4.78 is 32.9. The van der Waals surface area contributed by atoms with Crippen molar-refractivity contribution in [1.82, 2.24) is 9.79 Å². The van der Waals surface area contributed by atoms with Crippen LogP contribution in [-0.4, -0.2) is 56.0 Å². The van der Waals surface area contributed by atoms with Gasteiger partial charge in [0.1, 0.15) is 11.8 Å². The van der Waals surface area contributed by atoms with E-state index >= 15 is 0 Å². The molecule has 3 rings (SSSR count). The number of hydrogen-bond donors (Lipinski definition) is 3. The molecule has 1 aliphatic heterocycles. The SMILES string of the molecule is COc1ccc(S(=O)(=O)N2Cc3ccccc3N(C(=O)CN)CC2C(=O)NO)cc1. The minimum absolute atomic E-state index is 0.0601. The minimum Gasteiger partial charge on any atom is -0.497 e. The van der Waals surface area contributed by atoms with E-state index in [0.717, 1.165) is 4.31 Å². The number of fused-ring (bicyclic) bond motifs is 1. The van der Waals surface area contributed by atoms with E-state index in [1.807, 2.05) is 0 Å². The normalized spacial score (nSPS) is 17.0. The van der Waals surface area contributed by atoms with E-state index in [4.69, 9.17) is 10.5 Å². The number of hydroxylamine groups is 1. The molecule has 0 aliphatic carbocycles. The minimum atomic E-state index is -4.18. The zero-order chi connectivity index (χ0) is 21.9. The predicted molar refractivity (Wildman–Crippen MR) is 107 cm³/mol. The summed E-state index contributed by atoms with van der Waals surface area (Å²) in [6.45, 7) is -0.821. The number of methoxy groups -OCH3 is 1. The molecule has 0 aromatic heterocycles. The molecule has 2 aromatic rings. The largest absolute Gasteiger partial charge is 0.497 e. The number of sulfonamides is 1. The Morgan fingerprint density at radius 3 is 2.47 bits per heavy atom. The fourth-order valence-electron chi connectivity index (χ4n) is 3.32. The van der Waals surface area contributed by atoms with Crippen molar-refractivity contribution in [3.05, 3.63) is 54.1 Å². The fraction of sp³-hybridized carbons (Fsp3) is 0.263. The van der Waals surface area contributed by atoms with Gasteiger partial charge in [-0.1, -0.05) is 18.2 Å². The van der Waals surface area contributed by atoms with Crippen LogP contribution in [0.15, 0.2) is 53.4 Å². The maximum Gasteiger partial charge on any atom is 0.263 e. The summed E-state index contributed by atoms with van der Waals surface area (Å²) in [6.07, 6.45) is 0. The Balaban J connectivity index is 2.13. The van der Waals surface area contributed by atoms with Crippen LogP contribution in [0.25, 0.3) is 0 Å². The number of nitrogens with one attached hydrogen (secondary N) is 1. The van der Waals surface area contributed by atoms with Gasteiger partial charge in [-0.05, 0) is 35.9 Å². The third-order valence-corrected chi connectivity index (χ3v) is 6.74. The first kappa shape index (κ1) is 21.7. The molecule has 0 fully saturated rings. The van der Waals surface area contributed by atoms with Crippen molar-refractivity contribution in [3.8, 4) is 5.75 Å². The molecule has 10 nitrogen and oxygen atoms in total. The average Bonchev–Trinajstić information content (AvgIpc) is 2.96. The van der Waals surface area contributed by atoms with Crippen LogP contribution in [0.1, 0.15) is 5.56 Å². The lowest BCUT2D eigenvalue weighted by Gasteiger charge is -2.29. The van der Waals surface area contributed by atoms with Crippen LogP contribution < -0.4 is 20.9 Å². The van der Waals surface area contributed by atoms with E-state index in [0.29, 0.717) is 17.0 Å². The maximum atomic E-state index is 13.4. The van der Waals surface area contributed by atoms with Crippen molar-refractivity contribution in [1.29, 1.82) is 0 Å². The summed E-state index contributed by atoms with van der Waals surface area (Å²) in [5, 5.41) is 9.23. The summed E-state index contributed by atoms with van der Waals surface area (Å²) >= 11 is 0. The Labute approximate surface area is 173 Å². The number of anilines is 1. The Kier molecular flexibility index (Phi) is 6.37. The van der Waals surface area contributed by atoms with Gasteiger partial charge in [-0.2, -0.15) is 4.31 Å². The zero-order valence-electron chi connectivity index (χ0n) is 16.2. The molecule has 1 unspecified atom stereocenters. The van der Waals surface area contributed by atoms with Gasteiger partial charge in [-0.3, -0.25) is 14.8 Å². The number of amides is 2. The first-order valence-corrected chi connectivity index (χ1v) is 10.5. The lowest BCUT2D eigenvalue weighted by atomic mass is 10.1. The Morgan fingerprint density at radius 1 is 1.20 bits per heavy atom. The molecular formula is C19H22N4O6S. The summed E-state index contributed by atoms with van der Waals surface area (Å²) in [6, 6.07) is 11.0. The molecular weight excluding hydrogens is 412 g/mol. The van der Waals surface area contributed by atoms with Gasteiger partial charge in [0.2, 0.25) is 15.9 Å². The molecule has 4 N–H and O–H groups in total. The maximum absolute atomic E-state index is 13.4. The topological polar surface area (TPSA) is 142 Å². The van der Waals surface area contributed by atoms with Crippen molar-refractivity contribution in [2.75, 3.05) is 25.1 Å². The van der Waals surface area contributed by atoms with E-state index in [1.165, 1.54) is 41.8 Å². The van der Waals surface area contributed by atoms with E-state index < -0.39 is 27.9 Å². The number of hydrogen-bond acceptors (Lipinski definition) is 7. The highest BCUT2D eigenvalue weighted by Crippen LogP contribution is 2.31. The van der Waals surface area contributed by atoms with Crippen LogP contribution in [0.5, 0.6) is 5.75 Å². The van der Waals surface area contributed by atoms with Gasteiger partial charge >= 0.3 is 0 Å². The van der Waals surface area contributed by atoms with Crippen molar-refractivity contribution in [2.24, 2.45) is 5.73 Å².